The Morgan fingerprint density at radius 2 is 2.38 bits per heavy atom. The molecule has 2 unspecified atom stereocenters. The van der Waals surface area contributed by atoms with Gasteiger partial charge in [-0.05, 0) is 19.3 Å². The first-order valence-corrected chi connectivity index (χ1v) is 5.05. The number of ether oxygens (including phenoxy) is 3. The van der Waals surface area contributed by atoms with Crippen molar-refractivity contribution in [2.75, 3.05) is 13.2 Å². The van der Waals surface area contributed by atoms with E-state index in [1.54, 1.807) is 0 Å². The predicted molar refractivity (Wildman–Crippen MR) is 52.2 cm³/mol. The third kappa shape index (κ3) is 6.14. The fourth-order valence-corrected chi connectivity index (χ4v) is 1.31. The molecule has 0 aromatic carbocycles. The number of rotatable bonds is 4. The van der Waals surface area contributed by atoms with Crippen LogP contribution in [0.25, 0.3) is 0 Å². The minimum absolute atomic E-state index is 0. The second-order valence-corrected chi connectivity index (χ2v) is 3.37. The average Bonchev–Trinajstić information content (AvgIpc) is 2.25. The Morgan fingerprint density at radius 3 is 2.88 bits per heavy atom. The number of carbonyl (C=O) groups is 1. The molecule has 4 nitrogen and oxygen atoms in total. The Balaban J connectivity index is 0.00000225. The summed E-state index contributed by atoms with van der Waals surface area (Å²) in [5, 5.41) is 0. The third-order valence-corrected chi connectivity index (χ3v) is 2.05. The van der Waals surface area contributed by atoms with Crippen LogP contribution in [0.15, 0.2) is 0 Å². The molecule has 0 bridgehead atoms. The summed E-state index contributed by atoms with van der Waals surface area (Å²) in [4.78, 5) is 10.6. The zero-order valence-electron chi connectivity index (χ0n) is 9.12. The summed E-state index contributed by atoms with van der Waals surface area (Å²) in [7, 11) is 0. The van der Waals surface area contributed by atoms with Gasteiger partial charge in [0.05, 0.1) is 0 Å². The van der Waals surface area contributed by atoms with E-state index in [0.29, 0.717) is 6.61 Å². The quantitative estimate of drug-likeness (QED) is 0.333. The molecule has 16 heavy (non-hydrogen) atoms. The van der Waals surface area contributed by atoms with Gasteiger partial charge in [-0.15, -0.1) is 0 Å². The Bertz CT molecular complexity index is 243. The molecule has 0 radical (unpaired) electrons. The molecule has 0 spiro atoms. The van der Waals surface area contributed by atoms with Crippen molar-refractivity contribution in [2.45, 2.75) is 38.6 Å². The van der Waals surface area contributed by atoms with E-state index in [1.807, 2.05) is 0 Å². The van der Waals surface area contributed by atoms with Gasteiger partial charge in [0.25, 0.3) is 0 Å². The van der Waals surface area contributed by atoms with Crippen LogP contribution in [0.2, 0.25) is 0 Å². The SMILES string of the molecule is [C-]#CC(COC(C)=O)OC1CCCCO1.[Cu+]. The summed E-state index contributed by atoms with van der Waals surface area (Å²) >= 11 is 0. The van der Waals surface area contributed by atoms with Gasteiger partial charge in [0.15, 0.2) is 6.29 Å². The van der Waals surface area contributed by atoms with Gasteiger partial charge in [0.1, 0.15) is 12.7 Å². The molecule has 0 N–H and O–H groups in total. The molecule has 1 saturated heterocycles. The van der Waals surface area contributed by atoms with Crippen LogP contribution < -0.4 is 0 Å². The summed E-state index contributed by atoms with van der Waals surface area (Å²) in [6.45, 7) is 2.03. The van der Waals surface area contributed by atoms with Gasteiger partial charge in [-0.3, -0.25) is 4.79 Å². The monoisotopic (exact) mass is 274 g/mol. The molecule has 1 aliphatic heterocycles. The Hall–Kier alpha value is -0.531. The van der Waals surface area contributed by atoms with Gasteiger partial charge in [0, 0.05) is 13.5 Å². The van der Waals surface area contributed by atoms with Crippen molar-refractivity contribution in [2.24, 2.45) is 0 Å². The Kier molecular flexibility index (Phi) is 8.32. The summed E-state index contributed by atoms with van der Waals surface area (Å²) in [6.07, 6.45) is 9.00. The van der Waals surface area contributed by atoms with E-state index >= 15 is 0 Å². The largest absolute Gasteiger partial charge is 1.00 e. The van der Waals surface area contributed by atoms with Crippen LogP contribution in [0.1, 0.15) is 26.2 Å². The second-order valence-electron chi connectivity index (χ2n) is 3.37. The Labute approximate surface area is 106 Å². The average molecular weight is 275 g/mol. The molecule has 0 aromatic heterocycles. The third-order valence-electron chi connectivity index (χ3n) is 2.05. The van der Waals surface area contributed by atoms with Crippen LogP contribution in [0.4, 0.5) is 0 Å². The molecule has 0 aromatic rings. The maximum atomic E-state index is 10.6. The molecule has 0 aliphatic carbocycles. The van der Waals surface area contributed by atoms with Crippen molar-refractivity contribution in [1.82, 2.24) is 0 Å². The molecule has 1 heterocycles. The van der Waals surface area contributed by atoms with Gasteiger partial charge in [0.2, 0.25) is 0 Å². The summed E-state index contributed by atoms with van der Waals surface area (Å²) in [5.74, 6) is 1.79. The van der Waals surface area contributed by atoms with Gasteiger partial charge in [-0.1, -0.05) is 0 Å². The summed E-state index contributed by atoms with van der Waals surface area (Å²) < 4.78 is 15.5. The standard InChI is InChI=1S/C11H15O4.Cu/c1-3-10(8-14-9(2)12)15-11-6-4-5-7-13-11;/h10-11H,4-8H2,2H3;/q-1;+1. The van der Waals surface area contributed by atoms with Crippen LogP contribution >= 0.6 is 0 Å². The van der Waals surface area contributed by atoms with Crippen molar-refractivity contribution in [3.8, 4) is 5.92 Å². The number of carbonyl (C=O) groups excluding carboxylic acids is 1. The second kappa shape index (κ2) is 8.60. The number of hydrogen-bond acceptors (Lipinski definition) is 4. The maximum absolute atomic E-state index is 10.6. The molecule has 5 heteroatoms. The minimum atomic E-state index is -0.628. The minimum Gasteiger partial charge on any atom is -0.691 e. The zero-order valence-corrected chi connectivity index (χ0v) is 10.1. The van der Waals surface area contributed by atoms with Gasteiger partial charge < -0.3 is 26.6 Å². The van der Waals surface area contributed by atoms with Gasteiger partial charge in [-0.2, -0.15) is 0 Å². The van der Waals surface area contributed by atoms with Crippen LogP contribution in [0, 0.1) is 12.3 Å². The maximum Gasteiger partial charge on any atom is 1.00 e. The van der Waals surface area contributed by atoms with Crippen molar-refractivity contribution in [1.29, 1.82) is 0 Å². The van der Waals surface area contributed by atoms with Crippen LogP contribution in [-0.2, 0) is 36.1 Å². The van der Waals surface area contributed by atoms with Crippen LogP contribution in [0.5, 0.6) is 0 Å². The molecular formula is C11H15CuO4. The number of esters is 1. The van der Waals surface area contributed by atoms with Crippen molar-refractivity contribution < 1.29 is 36.1 Å². The van der Waals surface area contributed by atoms with Crippen molar-refractivity contribution >= 4 is 5.97 Å². The van der Waals surface area contributed by atoms with Crippen molar-refractivity contribution in [3.63, 3.8) is 0 Å². The topological polar surface area (TPSA) is 44.8 Å². The van der Waals surface area contributed by atoms with Crippen molar-refractivity contribution in [3.05, 3.63) is 6.42 Å². The molecule has 94 valence electrons. The smallest absolute Gasteiger partial charge is 0.691 e. The fraction of sp³-hybridized carbons (Fsp3) is 0.727. The first kappa shape index (κ1) is 15.5. The van der Waals surface area contributed by atoms with E-state index in [0.717, 1.165) is 19.3 Å². The number of hydrogen-bond donors (Lipinski definition) is 0. The van der Waals surface area contributed by atoms with E-state index < -0.39 is 6.10 Å². The van der Waals surface area contributed by atoms with E-state index in [4.69, 9.17) is 20.6 Å². The Morgan fingerprint density at radius 1 is 1.62 bits per heavy atom. The molecule has 0 saturated carbocycles. The fourth-order valence-electron chi connectivity index (χ4n) is 1.31. The normalized spacial score (nSPS) is 21.4. The first-order chi connectivity index (χ1) is 7.22. The van der Waals surface area contributed by atoms with Crippen LogP contribution in [0.3, 0.4) is 0 Å². The van der Waals surface area contributed by atoms with E-state index in [9.17, 15) is 4.79 Å². The first-order valence-electron chi connectivity index (χ1n) is 5.05. The van der Waals surface area contributed by atoms with E-state index in [-0.39, 0.29) is 35.9 Å². The van der Waals surface area contributed by atoms with E-state index in [2.05, 4.69) is 5.92 Å². The summed E-state index contributed by atoms with van der Waals surface area (Å²) in [5.41, 5.74) is 0. The molecule has 1 rings (SSSR count). The predicted octanol–water partition coefficient (Wildman–Crippen LogP) is 1.05. The zero-order chi connectivity index (χ0) is 11.1. The summed E-state index contributed by atoms with van der Waals surface area (Å²) in [6, 6.07) is 0. The molecule has 2 atom stereocenters. The van der Waals surface area contributed by atoms with Crippen LogP contribution in [-0.4, -0.2) is 31.6 Å². The van der Waals surface area contributed by atoms with Gasteiger partial charge in [-0.25, -0.2) is 0 Å². The molecule has 1 fully saturated rings. The molecular weight excluding hydrogens is 260 g/mol. The molecule has 1 aliphatic rings. The molecule has 0 amide bonds. The van der Waals surface area contributed by atoms with E-state index in [1.165, 1.54) is 6.92 Å². The van der Waals surface area contributed by atoms with Gasteiger partial charge >= 0.3 is 23.0 Å².